The Labute approximate surface area is 98.8 Å². The fourth-order valence-electron chi connectivity index (χ4n) is 2.19. The van der Waals surface area contributed by atoms with Gasteiger partial charge in [0.2, 0.25) is 0 Å². The second-order valence-corrected chi connectivity index (χ2v) is 4.46. The molecule has 0 aromatic rings. The van der Waals surface area contributed by atoms with Crippen molar-refractivity contribution in [2.75, 3.05) is 32.7 Å². The first-order valence-electron chi connectivity index (χ1n) is 6.53. The lowest BCUT2D eigenvalue weighted by Crippen LogP contribution is -2.45. The quantitative estimate of drug-likeness (QED) is 0.794. The first kappa shape index (κ1) is 13.3. The van der Waals surface area contributed by atoms with Crippen LogP contribution < -0.4 is 5.73 Å². The molecule has 16 heavy (non-hydrogen) atoms. The first-order chi connectivity index (χ1) is 7.79. The number of carbonyl (C=O) groups excluding carboxylic acids is 1. The summed E-state index contributed by atoms with van der Waals surface area (Å²) in [6.07, 6.45) is 5.81. The van der Waals surface area contributed by atoms with Crippen LogP contribution in [0.5, 0.6) is 0 Å². The molecule has 2 amide bonds. The zero-order valence-electron chi connectivity index (χ0n) is 10.5. The van der Waals surface area contributed by atoms with Crippen molar-refractivity contribution in [3.63, 3.8) is 0 Å². The Morgan fingerprint density at radius 1 is 1.19 bits per heavy atom. The standard InChI is InChI=1S/C12H25N3O/c1-2-8-14(11-7-13)12(16)15-9-5-3-4-6-10-15/h2-11,13H2,1H3. The van der Waals surface area contributed by atoms with E-state index in [4.69, 9.17) is 5.73 Å². The molecule has 4 heteroatoms. The molecule has 94 valence electrons. The van der Waals surface area contributed by atoms with Crippen molar-refractivity contribution in [3.8, 4) is 0 Å². The van der Waals surface area contributed by atoms with Crippen molar-refractivity contribution in [1.82, 2.24) is 9.80 Å². The minimum atomic E-state index is 0.189. The normalized spacial score (nSPS) is 17.0. The Hall–Kier alpha value is -0.770. The van der Waals surface area contributed by atoms with Crippen LogP contribution in [0.1, 0.15) is 39.0 Å². The van der Waals surface area contributed by atoms with Crippen LogP contribution in [0.4, 0.5) is 4.79 Å². The van der Waals surface area contributed by atoms with E-state index in [1.807, 2.05) is 9.80 Å². The lowest BCUT2D eigenvalue weighted by molar-refractivity contribution is 0.155. The van der Waals surface area contributed by atoms with E-state index in [1.54, 1.807) is 0 Å². The van der Waals surface area contributed by atoms with E-state index < -0.39 is 0 Å². The molecule has 1 fully saturated rings. The molecule has 1 heterocycles. The maximum atomic E-state index is 12.2. The van der Waals surface area contributed by atoms with Crippen molar-refractivity contribution in [2.24, 2.45) is 5.73 Å². The highest BCUT2D eigenvalue weighted by atomic mass is 16.2. The van der Waals surface area contributed by atoms with Crippen LogP contribution in [0.2, 0.25) is 0 Å². The van der Waals surface area contributed by atoms with Crippen LogP contribution in [0, 0.1) is 0 Å². The summed E-state index contributed by atoms with van der Waals surface area (Å²) < 4.78 is 0. The Morgan fingerprint density at radius 3 is 2.31 bits per heavy atom. The van der Waals surface area contributed by atoms with Gasteiger partial charge in [-0.1, -0.05) is 19.8 Å². The summed E-state index contributed by atoms with van der Waals surface area (Å²) in [4.78, 5) is 16.1. The number of nitrogens with zero attached hydrogens (tertiary/aromatic N) is 2. The summed E-state index contributed by atoms with van der Waals surface area (Å²) in [5.41, 5.74) is 5.55. The van der Waals surface area contributed by atoms with Crippen molar-refractivity contribution in [2.45, 2.75) is 39.0 Å². The van der Waals surface area contributed by atoms with Crippen LogP contribution in [-0.2, 0) is 0 Å². The molecule has 0 saturated carbocycles. The third-order valence-corrected chi connectivity index (χ3v) is 3.04. The smallest absolute Gasteiger partial charge is 0.320 e. The molecule has 0 atom stereocenters. The minimum Gasteiger partial charge on any atom is -0.329 e. The van der Waals surface area contributed by atoms with Crippen LogP contribution in [-0.4, -0.2) is 48.6 Å². The van der Waals surface area contributed by atoms with E-state index in [-0.39, 0.29) is 6.03 Å². The van der Waals surface area contributed by atoms with E-state index in [2.05, 4.69) is 6.92 Å². The van der Waals surface area contributed by atoms with Gasteiger partial charge in [0, 0.05) is 32.7 Å². The average molecular weight is 227 g/mol. The second kappa shape index (κ2) is 7.49. The number of likely N-dealkylation sites (tertiary alicyclic amines) is 1. The fourth-order valence-corrected chi connectivity index (χ4v) is 2.19. The largest absolute Gasteiger partial charge is 0.329 e. The molecule has 4 nitrogen and oxygen atoms in total. The van der Waals surface area contributed by atoms with Gasteiger partial charge in [-0.2, -0.15) is 0 Å². The average Bonchev–Trinajstić information content (AvgIpc) is 2.56. The van der Waals surface area contributed by atoms with Gasteiger partial charge in [-0.3, -0.25) is 0 Å². The van der Waals surface area contributed by atoms with Crippen molar-refractivity contribution >= 4 is 6.03 Å². The van der Waals surface area contributed by atoms with Gasteiger partial charge in [-0.25, -0.2) is 4.79 Å². The van der Waals surface area contributed by atoms with E-state index >= 15 is 0 Å². The monoisotopic (exact) mass is 227 g/mol. The molecule has 0 spiro atoms. The number of rotatable bonds is 4. The number of hydrogen-bond donors (Lipinski definition) is 1. The maximum Gasteiger partial charge on any atom is 0.320 e. The summed E-state index contributed by atoms with van der Waals surface area (Å²) in [5, 5.41) is 0. The topological polar surface area (TPSA) is 49.6 Å². The molecule has 1 aliphatic rings. The molecule has 1 rings (SSSR count). The zero-order chi connectivity index (χ0) is 11.8. The molecular weight excluding hydrogens is 202 g/mol. The number of hydrogen-bond acceptors (Lipinski definition) is 2. The van der Waals surface area contributed by atoms with Crippen LogP contribution in [0.25, 0.3) is 0 Å². The highest BCUT2D eigenvalue weighted by molar-refractivity contribution is 5.74. The maximum absolute atomic E-state index is 12.2. The number of urea groups is 1. The molecule has 0 aromatic heterocycles. The molecule has 0 radical (unpaired) electrons. The summed E-state index contributed by atoms with van der Waals surface area (Å²) in [7, 11) is 0. The first-order valence-corrected chi connectivity index (χ1v) is 6.53. The number of amides is 2. The highest BCUT2D eigenvalue weighted by Crippen LogP contribution is 2.11. The van der Waals surface area contributed by atoms with Gasteiger partial charge >= 0.3 is 6.03 Å². The van der Waals surface area contributed by atoms with Crippen molar-refractivity contribution in [1.29, 1.82) is 0 Å². The predicted octanol–water partition coefficient (Wildman–Crippen LogP) is 1.65. The lowest BCUT2D eigenvalue weighted by atomic mass is 10.2. The third-order valence-electron chi connectivity index (χ3n) is 3.04. The summed E-state index contributed by atoms with van der Waals surface area (Å²) in [6, 6.07) is 0.189. The molecule has 0 bridgehead atoms. The SMILES string of the molecule is CCCN(CCN)C(=O)N1CCCCCC1. The zero-order valence-corrected chi connectivity index (χ0v) is 10.5. The van der Waals surface area contributed by atoms with Crippen molar-refractivity contribution in [3.05, 3.63) is 0 Å². The summed E-state index contributed by atoms with van der Waals surface area (Å²) in [5.74, 6) is 0. The Balaban J connectivity index is 2.49. The van der Waals surface area contributed by atoms with Gasteiger partial charge in [0.25, 0.3) is 0 Å². The van der Waals surface area contributed by atoms with E-state index in [9.17, 15) is 4.79 Å². The van der Waals surface area contributed by atoms with Crippen LogP contribution in [0.3, 0.4) is 0 Å². The molecule has 0 aromatic carbocycles. The summed E-state index contributed by atoms with van der Waals surface area (Å²) in [6.45, 7) is 6.00. The van der Waals surface area contributed by atoms with Gasteiger partial charge in [-0.05, 0) is 19.3 Å². The number of nitrogens with two attached hydrogens (primary N) is 1. The van der Waals surface area contributed by atoms with Gasteiger partial charge in [0.15, 0.2) is 0 Å². The molecular formula is C12H25N3O. The van der Waals surface area contributed by atoms with Gasteiger partial charge in [-0.15, -0.1) is 0 Å². The second-order valence-electron chi connectivity index (χ2n) is 4.46. The van der Waals surface area contributed by atoms with Crippen LogP contribution in [0.15, 0.2) is 0 Å². The van der Waals surface area contributed by atoms with Gasteiger partial charge in [0.1, 0.15) is 0 Å². The van der Waals surface area contributed by atoms with E-state index in [0.29, 0.717) is 13.1 Å². The third kappa shape index (κ3) is 4.00. The molecule has 1 aliphatic heterocycles. The lowest BCUT2D eigenvalue weighted by Gasteiger charge is -2.29. The van der Waals surface area contributed by atoms with Crippen LogP contribution >= 0.6 is 0 Å². The van der Waals surface area contributed by atoms with E-state index in [0.717, 1.165) is 38.9 Å². The molecule has 2 N–H and O–H groups in total. The van der Waals surface area contributed by atoms with Crippen molar-refractivity contribution < 1.29 is 4.79 Å². The Morgan fingerprint density at radius 2 is 1.81 bits per heavy atom. The van der Waals surface area contributed by atoms with Gasteiger partial charge < -0.3 is 15.5 Å². The molecule has 0 unspecified atom stereocenters. The molecule has 1 saturated heterocycles. The highest BCUT2D eigenvalue weighted by Gasteiger charge is 2.20. The summed E-state index contributed by atoms with van der Waals surface area (Å²) >= 11 is 0. The number of carbonyl (C=O) groups is 1. The van der Waals surface area contributed by atoms with E-state index in [1.165, 1.54) is 12.8 Å². The Bertz CT molecular complexity index is 190. The predicted molar refractivity (Wildman–Crippen MR) is 66.4 cm³/mol. The fraction of sp³-hybridized carbons (Fsp3) is 0.917. The Kier molecular flexibility index (Phi) is 6.23. The minimum absolute atomic E-state index is 0.189. The van der Waals surface area contributed by atoms with Gasteiger partial charge in [0.05, 0.1) is 0 Å². The molecule has 0 aliphatic carbocycles.